The Balaban J connectivity index is 1.72. The van der Waals surface area contributed by atoms with Crippen molar-refractivity contribution in [3.05, 3.63) is 42.0 Å². The molecular formula is C17H17FN2O4. The smallest absolute Gasteiger partial charge is 0.326 e. The molecule has 1 aliphatic rings. The van der Waals surface area contributed by atoms with Crippen molar-refractivity contribution < 1.29 is 23.5 Å². The second kappa shape index (κ2) is 6.43. The normalized spacial score (nSPS) is 15.1. The minimum Gasteiger partial charge on any atom is -0.480 e. The summed E-state index contributed by atoms with van der Waals surface area (Å²) in [7, 11) is 0. The zero-order valence-electron chi connectivity index (χ0n) is 13.1. The molecule has 0 bridgehead atoms. The molecule has 1 aromatic heterocycles. The van der Waals surface area contributed by atoms with Gasteiger partial charge in [0.1, 0.15) is 18.1 Å². The zero-order chi connectivity index (χ0) is 17.3. The van der Waals surface area contributed by atoms with Gasteiger partial charge in [0.25, 0.3) is 0 Å². The first kappa shape index (κ1) is 16.2. The van der Waals surface area contributed by atoms with Crippen molar-refractivity contribution in [1.82, 2.24) is 9.88 Å². The fourth-order valence-electron chi connectivity index (χ4n) is 2.57. The molecule has 1 unspecified atom stereocenters. The van der Waals surface area contributed by atoms with Crippen molar-refractivity contribution in [2.24, 2.45) is 0 Å². The van der Waals surface area contributed by atoms with Crippen molar-refractivity contribution in [2.45, 2.75) is 38.3 Å². The molecule has 1 heterocycles. The Labute approximate surface area is 137 Å². The maximum Gasteiger partial charge on any atom is 0.326 e. The number of hydrogen-bond acceptors (Lipinski definition) is 4. The van der Waals surface area contributed by atoms with E-state index in [1.54, 1.807) is 0 Å². The molecule has 1 aliphatic carbocycles. The van der Waals surface area contributed by atoms with Crippen LogP contribution in [-0.4, -0.2) is 39.0 Å². The zero-order valence-corrected chi connectivity index (χ0v) is 13.1. The number of carboxylic acid groups (broad SMARTS) is 1. The quantitative estimate of drug-likeness (QED) is 0.878. The van der Waals surface area contributed by atoms with E-state index < -0.39 is 12.0 Å². The van der Waals surface area contributed by atoms with Crippen LogP contribution < -0.4 is 0 Å². The molecule has 1 atom stereocenters. The van der Waals surface area contributed by atoms with Gasteiger partial charge in [-0.1, -0.05) is 0 Å². The Morgan fingerprint density at radius 3 is 2.62 bits per heavy atom. The van der Waals surface area contributed by atoms with Crippen molar-refractivity contribution in [1.29, 1.82) is 0 Å². The molecule has 126 valence electrons. The number of carboxylic acids is 1. The van der Waals surface area contributed by atoms with Gasteiger partial charge in [-0.2, -0.15) is 0 Å². The summed E-state index contributed by atoms with van der Waals surface area (Å²) in [5, 5.41) is 9.16. The van der Waals surface area contributed by atoms with Gasteiger partial charge < -0.3 is 14.4 Å². The van der Waals surface area contributed by atoms with Gasteiger partial charge in [-0.15, -0.1) is 0 Å². The maximum atomic E-state index is 12.9. The summed E-state index contributed by atoms with van der Waals surface area (Å²) in [6.07, 6.45) is 2.98. The van der Waals surface area contributed by atoms with Crippen LogP contribution >= 0.6 is 0 Å². The Hall–Kier alpha value is -2.70. The fourth-order valence-corrected chi connectivity index (χ4v) is 2.57. The molecule has 2 aromatic rings. The Bertz CT molecular complexity index is 752. The van der Waals surface area contributed by atoms with Gasteiger partial charge >= 0.3 is 5.97 Å². The highest BCUT2D eigenvalue weighted by Gasteiger charge is 2.38. The van der Waals surface area contributed by atoms with Crippen molar-refractivity contribution in [3.8, 4) is 11.5 Å². The average molecular weight is 332 g/mol. The van der Waals surface area contributed by atoms with E-state index in [9.17, 15) is 14.0 Å². The van der Waals surface area contributed by atoms with E-state index in [1.807, 2.05) is 0 Å². The molecule has 1 saturated carbocycles. The lowest BCUT2D eigenvalue weighted by Crippen LogP contribution is -2.45. The van der Waals surface area contributed by atoms with E-state index in [1.165, 1.54) is 42.4 Å². The molecule has 3 rings (SSSR count). The van der Waals surface area contributed by atoms with E-state index in [4.69, 9.17) is 9.52 Å². The predicted octanol–water partition coefficient (Wildman–Crippen LogP) is 2.49. The topological polar surface area (TPSA) is 83.6 Å². The van der Waals surface area contributed by atoms with E-state index >= 15 is 0 Å². The van der Waals surface area contributed by atoms with Gasteiger partial charge in [-0.3, -0.25) is 4.79 Å². The number of oxazole rings is 1. The standard InChI is InChI=1S/C17H17FN2O4/c1-10(17(22)23)20(14-6-7-14)15(21)8-13-9-24-16(19-13)11-2-4-12(18)5-3-11/h2-5,9-10,14H,6-8H2,1H3,(H,22,23). The molecule has 0 saturated heterocycles. The highest BCUT2D eigenvalue weighted by Crippen LogP contribution is 2.29. The third-order valence-corrected chi connectivity index (χ3v) is 3.98. The van der Waals surface area contributed by atoms with Gasteiger partial charge in [0.05, 0.1) is 12.1 Å². The van der Waals surface area contributed by atoms with Gasteiger partial charge in [-0.25, -0.2) is 14.2 Å². The van der Waals surface area contributed by atoms with Crippen LogP contribution in [0.1, 0.15) is 25.5 Å². The molecule has 6 nitrogen and oxygen atoms in total. The van der Waals surface area contributed by atoms with Gasteiger partial charge in [0.15, 0.2) is 0 Å². The number of benzene rings is 1. The third kappa shape index (κ3) is 3.45. The van der Waals surface area contributed by atoms with Gasteiger partial charge in [-0.05, 0) is 44.0 Å². The molecule has 1 fully saturated rings. The summed E-state index contributed by atoms with van der Waals surface area (Å²) in [5.74, 6) is -1.38. The lowest BCUT2D eigenvalue weighted by Gasteiger charge is -2.26. The lowest BCUT2D eigenvalue weighted by atomic mass is 10.2. The van der Waals surface area contributed by atoms with E-state index in [2.05, 4.69) is 4.98 Å². The molecule has 1 amide bonds. The molecule has 7 heteroatoms. The van der Waals surface area contributed by atoms with Crippen molar-refractivity contribution in [3.63, 3.8) is 0 Å². The summed E-state index contributed by atoms with van der Waals surface area (Å²) in [4.78, 5) is 29.3. The summed E-state index contributed by atoms with van der Waals surface area (Å²) >= 11 is 0. The van der Waals surface area contributed by atoms with Crippen LogP contribution in [0.3, 0.4) is 0 Å². The van der Waals surface area contributed by atoms with E-state index in [-0.39, 0.29) is 24.2 Å². The maximum absolute atomic E-state index is 12.9. The minimum absolute atomic E-state index is 0.00734. The number of rotatable bonds is 6. The van der Waals surface area contributed by atoms with Crippen LogP contribution in [0.25, 0.3) is 11.5 Å². The molecule has 24 heavy (non-hydrogen) atoms. The average Bonchev–Trinajstić information content (AvgIpc) is 3.26. The van der Waals surface area contributed by atoms with E-state index in [0.717, 1.165) is 12.8 Å². The molecule has 0 radical (unpaired) electrons. The first-order valence-corrected chi connectivity index (χ1v) is 7.70. The number of nitrogens with zero attached hydrogens (tertiary/aromatic N) is 2. The number of hydrogen-bond donors (Lipinski definition) is 1. The predicted molar refractivity (Wildman–Crippen MR) is 82.6 cm³/mol. The third-order valence-electron chi connectivity index (χ3n) is 3.98. The second-order valence-electron chi connectivity index (χ2n) is 5.87. The Morgan fingerprint density at radius 2 is 2.04 bits per heavy atom. The van der Waals surface area contributed by atoms with Crippen LogP contribution in [0.15, 0.2) is 34.9 Å². The van der Waals surface area contributed by atoms with E-state index in [0.29, 0.717) is 17.1 Å². The molecule has 0 aliphatic heterocycles. The largest absolute Gasteiger partial charge is 0.480 e. The second-order valence-corrected chi connectivity index (χ2v) is 5.87. The molecular weight excluding hydrogens is 315 g/mol. The summed E-state index contributed by atoms with van der Waals surface area (Å²) in [6, 6.07) is 4.80. The highest BCUT2D eigenvalue weighted by molar-refractivity contribution is 5.85. The van der Waals surface area contributed by atoms with Crippen LogP contribution in [0.5, 0.6) is 0 Å². The number of halogens is 1. The van der Waals surface area contributed by atoms with Crippen LogP contribution in [0.4, 0.5) is 4.39 Å². The van der Waals surface area contributed by atoms with Crippen LogP contribution in [-0.2, 0) is 16.0 Å². The van der Waals surface area contributed by atoms with Gasteiger partial charge in [0, 0.05) is 11.6 Å². The number of carbonyl (C=O) groups is 2. The Morgan fingerprint density at radius 1 is 1.38 bits per heavy atom. The number of amides is 1. The highest BCUT2D eigenvalue weighted by atomic mass is 19.1. The first-order valence-electron chi connectivity index (χ1n) is 7.70. The van der Waals surface area contributed by atoms with Gasteiger partial charge in [0.2, 0.25) is 11.8 Å². The summed E-state index contributed by atoms with van der Waals surface area (Å²) in [6.45, 7) is 1.51. The summed E-state index contributed by atoms with van der Waals surface area (Å²) in [5.41, 5.74) is 1.02. The minimum atomic E-state index is -1.03. The number of carbonyl (C=O) groups excluding carboxylic acids is 1. The van der Waals surface area contributed by atoms with Crippen LogP contribution in [0, 0.1) is 5.82 Å². The fraction of sp³-hybridized carbons (Fsp3) is 0.353. The molecule has 1 aromatic carbocycles. The first-order chi connectivity index (χ1) is 11.5. The van der Waals surface area contributed by atoms with Crippen molar-refractivity contribution >= 4 is 11.9 Å². The SMILES string of the molecule is CC(C(=O)O)N(C(=O)Cc1coc(-c2ccc(F)cc2)n1)C1CC1. The monoisotopic (exact) mass is 332 g/mol. The molecule has 0 spiro atoms. The number of aromatic nitrogens is 1. The summed E-state index contributed by atoms with van der Waals surface area (Å²) < 4.78 is 18.3. The van der Waals surface area contributed by atoms with Crippen molar-refractivity contribution in [2.75, 3.05) is 0 Å². The molecule has 1 N–H and O–H groups in total. The Kier molecular flexibility index (Phi) is 4.33. The lowest BCUT2D eigenvalue weighted by molar-refractivity contribution is -0.149. The number of aliphatic carboxylic acids is 1. The van der Waals surface area contributed by atoms with Crippen LogP contribution in [0.2, 0.25) is 0 Å².